The molecule has 53 heavy (non-hydrogen) atoms. The molecule has 1 aromatic carbocycles. The van der Waals surface area contributed by atoms with Crippen molar-refractivity contribution in [3.05, 3.63) is 41.7 Å². The van der Waals surface area contributed by atoms with Crippen LogP contribution in [0.1, 0.15) is 101 Å². The number of nitrogens with two attached hydrogens (primary N) is 1. The van der Waals surface area contributed by atoms with Gasteiger partial charge < -0.3 is 26.4 Å². The molecule has 2 aromatic rings. The molecule has 3 heterocycles. The molecule has 6 N–H and O–H groups in total. The number of hydrogen-bond acceptors (Lipinski definition) is 11. The number of benzene rings is 1. The van der Waals surface area contributed by atoms with Crippen molar-refractivity contribution in [2.75, 3.05) is 24.6 Å². The van der Waals surface area contributed by atoms with Gasteiger partial charge in [-0.25, -0.2) is 17.8 Å². The van der Waals surface area contributed by atoms with Crippen LogP contribution in [-0.4, -0.2) is 105 Å². The van der Waals surface area contributed by atoms with E-state index in [0.717, 1.165) is 32.1 Å². The lowest BCUT2D eigenvalue weighted by Gasteiger charge is -2.37. The fourth-order valence-corrected chi connectivity index (χ4v) is 9.83. The highest BCUT2D eigenvalue weighted by molar-refractivity contribution is 7.99. The van der Waals surface area contributed by atoms with Gasteiger partial charge in [0, 0.05) is 25.1 Å². The summed E-state index contributed by atoms with van der Waals surface area (Å²) in [6.07, 6.45) is 6.94. The number of sulfonamides is 1. The Morgan fingerprint density at radius 3 is 2.34 bits per heavy atom. The molecular weight excluding hydrogens is 725 g/mol. The lowest BCUT2D eigenvalue weighted by atomic mass is 9.84. The number of aromatic nitrogens is 3. The number of Topliss-reactive ketones (excluding diaryl/α,β-unsaturated/α-hetero) is 1. The minimum Gasteiger partial charge on any atom is -0.384 e. The van der Waals surface area contributed by atoms with Crippen molar-refractivity contribution in [1.29, 1.82) is 0 Å². The molecule has 2 unspecified atom stereocenters. The van der Waals surface area contributed by atoms with E-state index in [0.29, 0.717) is 23.6 Å². The average Bonchev–Trinajstić information content (AvgIpc) is 3.80. The van der Waals surface area contributed by atoms with E-state index < -0.39 is 68.7 Å². The van der Waals surface area contributed by atoms with Gasteiger partial charge in [-0.15, -0.1) is 5.10 Å². The van der Waals surface area contributed by atoms with Crippen molar-refractivity contribution in [1.82, 2.24) is 35.2 Å². The zero-order valence-electron chi connectivity index (χ0n) is 30.4. The molecular formula is C35H50N8O8S2. The molecule has 0 bridgehead atoms. The molecule has 2 aliphatic heterocycles. The molecule has 5 rings (SSSR count). The SMILES string of the molecule is CCNS(=O)(=O)c1ccc(C(=O)N[C@H](CC2CCCCC2)C(=O)N2CC(n3nncc3C(C)(C)O)CC2C(=O)NC2(C(=O)C(N)=O)CCSCC2)cc1. The molecule has 18 heteroatoms. The fraction of sp³-hybridized carbons (Fsp3) is 0.629. The highest BCUT2D eigenvalue weighted by atomic mass is 32.2. The summed E-state index contributed by atoms with van der Waals surface area (Å²) >= 11 is 1.59. The van der Waals surface area contributed by atoms with Crippen LogP contribution in [0.5, 0.6) is 0 Å². The number of nitrogens with one attached hydrogen (secondary N) is 3. The van der Waals surface area contributed by atoms with Crippen LogP contribution in [0.4, 0.5) is 0 Å². The predicted molar refractivity (Wildman–Crippen MR) is 196 cm³/mol. The highest BCUT2D eigenvalue weighted by Gasteiger charge is 2.49. The summed E-state index contributed by atoms with van der Waals surface area (Å²) in [5, 5.41) is 24.8. The standard InChI is InChI=1S/C35H50N8O8S2/c1-4-38-53(50,51)25-12-10-23(11-13-25)31(46)39-26(18-22-8-6-5-7-9-22)33(48)42-21-24(43-28(20-37-41-43)34(2,3)49)19-27(42)32(47)40-35(29(44)30(36)45)14-16-52-17-15-35/h10-13,20,22,24,26-27,38,49H,4-9,14-19,21H2,1-3H3,(H2,36,45)(H,39,46)(H,40,47)/t24?,26-,27?/m1/s1. The molecule has 16 nitrogen and oxygen atoms in total. The van der Waals surface area contributed by atoms with Crippen LogP contribution in [-0.2, 0) is 34.8 Å². The number of primary amides is 1. The van der Waals surface area contributed by atoms with Crippen molar-refractivity contribution in [2.45, 2.75) is 113 Å². The third-order valence-electron chi connectivity index (χ3n) is 10.4. The topological polar surface area (TPSA) is 236 Å². The minimum absolute atomic E-state index is 0.00891. The number of hydrogen-bond donors (Lipinski definition) is 5. The number of rotatable bonds is 14. The van der Waals surface area contributed by atoms with Crippen molar-refractivity contribution in [3.8, 4) is 0 Å². The van der Waals surface area contributed by atoms with Gasteiger partial charge in [-0.1, -0.05) is 44.2 Å². The minimum atomic E-state index is -3.75. The number of carbonyl (C=O) groups excluding carboxylic acids is 5. The average molecular weight is 775 g/mol. The van der Waals surface area contributed by atoms with Gasteiger partial charge in [0.1, 0.15) is 23.2 Å². The maximum absolute atomic E-state index is 14.8. The molecule has 0 radical (unpaired) electrons. The number of carbonyl (C=O) groups is 5. The molecule has 2 saturated heterocycles. The Morgan fingerprint density at radius 1 is 1.08 bits per heavy atom. The summed E-state index contributed by atoms with van der Waals surface area (Å²) in [6, 6.07) is 2.60. The second kappa shape index (κ2) is 16.7. The fourth-order valence-electron chi connectivity index (χ4n) is 7.60. The van der Waals surface area contributed by atoms with Crippen molar-refractivity contribution in [2.24, 2.45) is 11.7 Å². The number of nitrogens with zero attached hydrogens (tertiary/aromatic N) is 4. The Labute approximate surface area is 313 Å². The smallest absolute Gasteiger partial charge is 0.287 e. The molecule has 4 amide bonds. The monoisotopic (exact) mass is 774 g/mol. The molecule has 3 fully saturated rings. The van der Waals surface area contributed by atoms with Crippen LogP contribution in [0.3, 0.4) is 0 Å². The summed E-state index contributed by atoms with van der Waals surface area (Å²) in [5.41, 5.74) is 3.08. The maximum atomic E-state index is 14.8. The van der Waals surface area contributed by atoms with Gasteiger partial charge in [0.15, 0.2) is 0 Å². The molecule has 1 aliphatic carbocycles. The van der Waals surface area contributed by atoms with Crippen molar-refractivity contribution < 1.29 is 37.5 Å². The normalized spacial score (nSPS) is 21.5. The Bertz CT molecular complexity index is 1780. The summed E-state index contributed by atoms with van der Waals surface area (Å²) in [6.45, 7) is 4.98. The number of amides is 4. The second-order valence-electron chi connectivity index (χ2n) is 14.7. The van der Waals surface area contributed by atoms with Crippen LogP contribution in [0.15, 0.2) is 35.4 Å². The molecule has 290 valence electrons. The first-order chi connectivity index (χ1) is 25.1. The van der Waals surface area contributed by atoms with E-state index in [-0.39, 0.29) is 48.7 Å². The first-order valence-electron chi connectivity index (χ1n) is 18.1. The summed E-state index contributed by atoms with van der Waals surface area (Å²) < 4.78 is 28.9. The summed E-state index contributed by atoms with van der Waals surface area (Å²) in [7, 11) is -3.75. The Morgan fingerprint density at radius 2 is 1.74 bits per heavy atom. The molecule has 1 saturated carbocycles. The number of likely N-dealkylation sites (tertiary alicyclic amines) is 1. The van der Waals surface area contributed by atoms with Gasteiger partial charge in [-0.05, 0) is 74.8 Å². The molecule has 0 spiro atoms. The van der Waals surface area contributed by atoms with Crippen LogP contribution < -0.4 is 21.1 Å². The van der Waals surface area contributed by atoms with E-state index in [1.165, 1.54) is 40.0 Å². The first kappa shape index (κ1) is 40.3. The summed E-state index contributed by atoms with van der Waals surface area (Å²) in [4.78, 5) is 69.5. The third kappa shape index (κ3) is 9.27. The van der Waals surface area contributed by atoms with E-state index in [1.54, 1.807) is 32.5 Å². The van der Waals surface area contributed by atoms with E-state index in [2.05, 4.69) is 25.7 Å². The molecule has 3 aliphatic rings. The van der Waals surface area contributed by atoms with Crippen LogP contribution in [0.2, 0.25) is 0 Å². The number of thioether (sulfide) groups is 1. The van der Waals surface area contributed by atoms with Crippen LogP contribution in [0.25, 0.3) is 0 Å². The highest BCUT2D eigenvalue weighted by Crippen LogP contribution is 2.35. The van der Waals surface area contributed by atoms with E-state index in [4.69, 9.17) is 5.73 Å². The van der Waals surface area contributed by atoms with Gasteiger partial charge in [0.05, 0.1) is 22.8 Å². The quantitative estimate of drug-likeness (QED) is 0.171. The number of ketones is 1. The van der Waals surface area contributed by atoms with Crippen LogP contribution in [0, 0.1) is 5.92 Å². The van der Waals surface area contributed by atoms with Gasteiger partial charge in [-0.3, -0.25) is 24.0 Å². The third-order valence-corrected chi connectivity index (χ3v) is 13.0. The van der Waals surface area contributed by atoms with Gasteiger partial charge in [0.2, 0.25) is 27.6 Å². The lowest BCUT2D eigenvalue weighted by molar-refractivity contribution is -0.145. The maximum Gasteiger partial charge on any atom is 0.287 e. The van der Waals surface area contributed by atoms with E-state index in [1.807, 2.05) is 0 Å². The molecule has 3 atom stereocenters. The van der Waals surface area contributed by atoms with Crippen LogP contribution >= 0.6 is 11.8 Å². The Balaban J connectivity index is 1.47. The largest absolute Gasteiger partial charge is 0.384 e. The lowest BCUT2D eigenvalue weighted by Crippen LogP contribution is -2.63. The van der Waals surface area contributed by atoms with Gasteiger partial charge >= 0.3 is 0 Å². The molecule has 1 aromatic heterocycles. The Kier molecular flexibility index (Phi) is 12.7. The number of aliphatic hydroxyl groups is 1. The zero-order valence-corrected chi connectivity index (χ0v) is 32.0. The van der Waals surface area contributed by atoms with Gasteiger partial charge in [0.25, 0.3) is 11.8 Å². The first-order valence-corrected chi connectivity index (χ1v) is 20.8. The Hall–Kier alpha value is -3.87. The van der Waals surface area contributed by atoms with E-state index in [9.17, 15) is 37.5 Å². The van der Waals surface area contributed by atoms with E-state index >= 15 is 0 Å². The zero-order chi connectivity index (χ0) is 38.6. The summed E-state index contributed by atoms with van der Waals surface area (Å²) in [5.74, 6) is -2.65. The van der Waals surface area contributed by atoms with Crippen molar-refractivity contribution >= 4 is 51.2 Å². The second-order valence-corrected chi connectivity index (χ2v) is 17.7. The predicted octanol–water partition coefficient (Wildman–Crippen LogP) is 1.15. The van der Waals surface area contributed by atoms with Crippen molar-refractivity contribution in [3.63, 3.8) is 0 Å². The van der Waals surface area contributed by atoms with Gasteiger partial charge in [-0.2, -0.15) is 11.8 Å².